The number of alkyl halides is 3. The van der Waals surface area contributed by atoms with E-state index in [2.05, 4.69) is 21.6 Å². The van der Waals surface area contributed by atoms with Crippen molar-refractivity contribution in [3.05, 3.63) is 36.9 Å². The number of ether oxygens (including phenoxy) is 2. The zero-order valence-electron chi connectivity index (χ0n) is 12.3. The molecule has 0 unspecified atom stereocenters. The highest BCUT2D eigenvalue weighted by atomic mass is 127. The predicted molar refractivity (Wildman–Crippen MR) is 94.3 cm³/mol. The topological polar surface area (TPSA) is 68.9 Å². The van der Waals surface area contributed by atoms with Gasteiger partial charge in [0.15, 0.2) is 5.96 Å². The van der Waals surface area contributed by atoms with E-state index in [1.165, 1.54) is 24.3 Å². The van der Waals surface area contributed by atoms with E-state index in [0.717, 1.165) is 6.42 Å². The molecule has 0 radical (unpaired) electrons. The number of guanidine groups is 1. The van der Waals surface area contributed by atoms with Crippen LogP contribution < -0.4 is 15.8 Å². The summed E-state index contributed by atoms with van der Waals surface area (Å²) in [6.07, 6.45) is -2.18. The molecule has 0 aromatic heterocycles. The smallest absolute Gasteiger partial charge is 0.406 e. The van der Waals surface area contributed by atoms with Crippen LogP contribution in [0, 0.1) is 0 Å². The van der Waals surface area contributed by atoms with Gasteiger partial charge in [0.25, 0.3) is 0 Å². The van der Waals surface area contributed by atoms with Gasteiger partial charge in [-0.25, -0.2) is 0 Å². The first-order chi connectivity index (χ1) is 10.4. The fraction of sp³-hybridized carbons (Fsp3) is 0.357. The van der Waals surface area contributed by atoms with E-state index in [9.17, 15) is 13.2 Å². The van der Waals surface area contributed by atoms with E-state index in [-0.39, 0.29) is 35.7 Å². The minimum Gasteiger partial charge on any atom is -0.406 e. The van der Waals surface area contributed by atoms with Crippen molar-refractivity contribution in [1.29, 1.82) is 0 Å². The van der Waals surface area contributed by atoms with Crippen molar-refractivity contribution < 1.29 is 22.6 Å². The Kier molecular flexibility index (Phi) is 10.4. The van der Waals surface area contributed by atoms with Crippen LogP contribution in [0.15, 0.2) is 41.9 Å². The van der Waals surface area contributed by atoms with Gasteiger partial charge in [-0.2, -0.15) is 0 Å². The van der Waals surface area contributed by atoms with Gasteiger partial charge in [-0.3, -0.25) is 4.99 Å². The van der Waals surface area contributed by atoms with Gasteiger partial charge < -0.3 is 20.5 Å². The van der Waals surface area contributed by atoms with Gasteiger partial charge in [0.2, 0.25) is 0 Å². The van der Waals surface area contributed by atoms with E-state index in [4.69, 9.17) is 10.5 Å². The molecule has 130 valence electrons. The van der Waals surface area contributed by atoms with Gasteiger partial charge in [-0.1, -0.05) is 6.08 Å². The van der Waals surface area contributed by atoms with Gasteiger partial charge in [0.05, 0.1) is 19.8 Å². The quantitative estimate of drug-likeness (QED) is 0.211. The monoisotopic (exact) mass is 445 g/mol. The van der Waals surface area contributed by atoms with Crippen LogP contribution in [0.3, 0.4) is 0 Å². The largest absolute Gasteiger partial charge is 0.573 e. The van der Waals surface area contributed by atoms with Crippen LogP contribution in [-0.4, -0.2) is 32.1 Å². The summed E-state index contributed by atoms with van der Waals surface area (Å²) in [4.78, 5) is 4.02. The third kappa shape index (κ3) is 10.8. The Morgan fingerprint density at radius 3 is 2.48 bits per heavy atom. The molecule has 0 fully saturated rings. The number of benzene rings is 1. The van der Waals surface area contributed by atoms with Crippen LogP contribution >= 0.6 is 24.0 Å². The summed E-state index contributed by atoms with van der Waals surface area (Å²) in [6.45, 7) is 4.95. The Balaban J connectivity index is 0.00000484. The van der Waals surface area contributed by atoms with Crippen molar-refractivity contribution in [3.63, 3.8) is 0 Å². The first kappa shape index (κ1) is 21.5. The summed E-state index contributed by atoms with van der Waals surface area (Å²) < 4.78 is 45.0. The molecule has 0 spiro atoms. The van der Waals surface area contributed by atoms with Gasteiger partial charge in [0, 0.05) is 5.69 Å². The average molecular weight is 445 g/mol. The van der Waals surface area contributed by atoms with Crippen LogP contribution in [0.4, 0.5) is 18.9 Å². The fourth-order valence-corrected chi connectivity index (χ4v) is 1.43. The van der Waals surface area contributed by atoms with Crippen molar-refractivity contribution in [2.24, 2.45) is 10.7 Å². The molecule has 0 amide bonds. The molecular weight excluding hydrogens is 426 g/mol. The van der Waals surface area contributed by atoms with Gasteiger partial charge in [-0.15, -0.1) is 43.7 Å². The second-order valence-corrected chi connectivity index (χ2v) is 4.15. The molecule has 0 aliphatic heterocycles. The van der Waals surface area contributed by atoms with E-state index in [1.54, 1.807) is 6.08 Å². The molecular formula is C14H19F3IN3O2. The average Bonchev–Trinajstić information content (AvgIpc) is 2.43. The molecule has 1 aromatic carbocycles. The number of hydrogen-bond donors (Lipinski definition) is 2. The lowest BCUT2D eigenvalue weighted by molar-refractivity contribution is -0.274. The minimum absolute atomic E-state index is 0. The molecule has 0 atom stereocenters. The Morgan fingerprint density at radius 1 is 1.26 bits per heavy atom. The molecule has 1 rings (SSSR count). The summed E-state index contributed by atoms with van der Waals surface area (Å²) in [5, 5.41) is 2.75. The Morgan fingerprint density at radius 2 is 1.91 bits per heavy atom. The third-order valence-corrected chi connectivity index (χ3v) is 2.34. The van der Waals surface area contributed by atoms with E-state index >= 15 is 0 Å². The molecule has 9 heteroatoms. The molecule has 23 heavy (non-hydrogen) atoms. The number of rotatable bonds is 8. The molecule has 0 bridgehead atoms. The van der Waals surface area contributed by atoms with Crippen LogP contribution in [-0.2, 0) is 4.74 Å². The lowest BCUT2D eigenvalue weighted by Crippen LogP contribution is -2.23. The number of nitrogens with two attached hydrogens (primary N) is 1. The highest BCUT2D eigenvalue weighted by Crippen LogP contribution is 2.23. The summed E-state index contributed by atoms with van der Waals surface area (Å²) in [7, 11) is 0. The number of nitrogens with one attached hydrogen (secondary N) is 1. The van der Waals surface area contributed by atoms with Gasteiger partial charge in [-0.05, 0) is 30.7 Å². The predicted octanol–water partition coefficient (Wildman–Crippen LogP) is 3.52. The minimum atomic E-state index is -4.71. The van der Waals surface area contributed by atoms with Crippen LogP contribution in [0.25, 0.3) is 0 Å². The van der Waals surface area contributed by atoms with E-state index in [0.29, 0.717) is 25.4 Å². The van der Waals surface area contributed by atoms with Gasteiger partial charge >= 0.3 is 6.36 Å². The molecule has 1 aromatic rings. The number of nitrogens with zero attached hydrogens (tertiary/aromatic N) is 1. The van der Waals surface area contributed by atoms with Crippen LogP contribution in [0.2, 0.25) is 0 Å². The van der Waals surface area contributed by atoms with Crippen LogP contribution in [0.5, 0.6) is 5.75 Å². The van der Waals surface area contributed by atoms with E-state index in [1.807, 2.05) is 0 Å². The summed E-state index contributed by atoms with van der Waals surface area (Å²) >= 11 is 0. The Labute approximate surface area is 149 Å². The number of hydrogen-bond acceptors (Lipinski definition) is 3. The lowest BCUT2D eigenvalue weighted by Gasteiger charge is -2.10. The zero-order valence-corrected chi connectivity index (χ0v) is 14.6. The molecule has 0 aliphatic carbocycles. The molecule has 5 nitrogen and oxygen atoms in total. The normalized spacial score (nSPS) is 11.5. The maximum absolute atomic E-state index is 12.0. The second-order valence-electron chi connectivity index (χ2n) is 4.15. The third-order valence-electron chi connectivity index (χ3n) is 2.34. The molecule has 0 saturated carbocycles. The summed E-state index contributed by atoms with van der Waals surface area (Å²) in [5.41, 5.74) is 6.15. The maximum Gasteiger partial charge on any atom is 0.573 e. The maximum atomic E-state index is 12.0. The molecule has 0 aliphatic rings. The molecule has 0 heterocycles. The number of halogens is 4. The Hall–Kier alpha value is -1.49. The number of aliphatic imine (C=N–C) groups is 1. The van der Waals surface area contributed by atoms with Crippen molar-refractivity contribution in [3.8, 4) is 5.75 Å². The Bertz CT molecular complexity index is 493. The van der Waals surface area contributed by atoms with Crippen molar-refractivity contribution in [1.82, 2.24) is 0 Å². The van der Waals surface area contributed by atoms with Crippen molar-refractivity contribution >= 4 is 35.6 Å². The summed E-state index contributed by atoms with van der Waals surface area (Å²) in [6, 6.07) is 5.18. The van der Waals surface area contributed by atoms with Crippen LogP contribution in [0.1, 0.15) is 6.42 Å². The molecule has 3 N–H and O–H groups in total. The first-order valence-electron chi connectivity index (χ1n) is 6.52. The standard InChI is InChI=1S/C14H18F3N3O2.HI/c1-2-3-9-21-10-8-19-13(18)20-11-4-6-12(7-5-11)22-14(15,16)17;/h2,4-7H,1,3,8-10H2,(H3,18,19,20);1H. The second kappa shape index (κ2) is 11.1. The highest BCUT2D eigenvalue weighted by molar-refractivity contribution is 14.0. The summed E-state index contributed by atoms with van der Waals surface area (Å²) in [5.74, 6) is -0.152. The lowest BCUT2D eigenvalue weighted by atomic mass is 10.3. The van der Waals surface area contributed by atoms with Gasteiger partial charge in [0.1, 0.15) is 5.75 Å². The first-order valence-corrected chi connectivity index (χ1v) is 6.52. The molecule has 0 saturated heterocycles. The van der Waals surface area contributed by atoms with Crippen molar-refractivity contribution in [2.45, 2.75) is 12.8 Å². The fourth-order valence-electron chi connectivity index (χ4n) is 1.43. The number of anilines is 1. The zero-order chi connectivity index (χ0) is 16.4. The van der Waals surface area contributed by atoms with Crippen molar-refractivity contribution in [2.75, 3.05) is 25.1 Å². The SMILES string of the molecule is C=CCCOCCN=C(N)Nc1ccc(OC(F)(F)F)cc1.I. The van der Waals surface area contributed by atoms with E-state index < -0.39 is 6.36 Å². The highest BCUT2D eigenvalue weighted by Gasteiger charge is 2.30.